The van der Waals surface area contributed by atoms with Crippen molar-refractivity contribution in [1.82, 2.24) is 0 Å². The Labute approximate surface area is 125 Å². The molecule has 0 aliphatic rings. The van der Waals surface area contributed by atoms with E-state index in [0.717, 1.165) is 24.0 Å². The largest absolute Gasteiger partial charge is 0.511 e. The molecular formula is C18H20O3. The molecule has 0 saturated heterocycles. The van der Waals surface area contributed by atoms with E-state index in [2.05, 4.69) is 6.92 Å². The molecule has 2 aromatic carbocycles. The minimum atomic E-state index is -1.29. The number of carboxylic acid groups (broad SMARTS) is 1. The molecule has 21 heavy (non-hydrogen) atoms. The Kier molecular flexibility index (Phi) is 5.38. The van der Waals surface area contributed by atoms with Crippen LogP contribution < -0.4 is 4.74 Å². The molecule has 0 radical (unpaired) electrons. The maximum Gasteiger partial charge on any atom is 0.511 e. The summed E-state index contributed by atoms with van der Waals surface area (Å²) in [5.41, 5.74) is 3.00. The molecule has 0 atom stereocenters. The second-order valence-corrected chi connectivity index (χ2v) is 5.02. The monoisotopic (exact) mass is 284 g/mol. The third-order valence-electron chi connectivity index (χ3n) is 3.40. The van der Waals surface area contributed by atoms with Crippen LogP contribution in [0, 0.1) is 0 Å². The third-order valence-corrected chi connectivity index (χ3v) is 3.40. The van der Waals surface area contributed by atoms with Crippen molar-refractivity contribution in [2.75, 3.05) is 0 Å². The van der Waals surface area contributed by atoms with Gasteiger partial charge >= 0.3 is 6.16 Å². The Morgan fingerprint density at radius 2 is 1.86 bits per heavy atom. The molecule has 0 unspecified atom stereocenters. The van der Waals surface area contributed by atoms with E-state index in [1.54, 1.807) is 6.07 Å². The van der Waals surface area contributed by atoms with Gasteiger partial charge in [0, 0.05) is 5.56 Å². The zero-order valence-electron chi connectivity index (χ0n) is 12.2. The van der Waals surface area contributed by atoms with Crippen LogP contribution in [0.2, 0.25) is 0 Å². The zero-order chi connectivity index (χ0) is 15.1. The Morgan fingerprint density at radius 3 is 2.52 bits per heavy atom. The molecule has 0 heterocycles. The molecular weight excluding hydrogens is 264 g/mol. The van der Waals surface area contributed by atoms with Gasteiger partial charge < -0.3 is 9.84 Å². The molecule has 0 saturated carbocycles. The van der Waals surface area contributed by atoms with Crippen LogP contribution >= 0.6 is 0 Å². The summed E-state index contributed by atoms with van der Waals surface area (Å²) in [6.07, 6.45) is 3.25. The van der Waals surface area contributed by atoms with E-state index < -0.39 is 6.16 Å². The molecule has 0 aliphatic carbocycles. The number of ether oxygens (including phenoxy) is 1. The summed E-state index contributed by atoms with van der Waals surface area (Å²) < 4.78 is 4.90. The molecule has 0 spiro atoms. The fourth-order valence-corrected chi connectivity index (χ4v) is 2.34. The van der Waals surface area contributed by atoms with E-state index >= 15 is 0 Å². The molecule has 1 N–H and O–H groups in total. The predicted molar refractivity (Wildman–Crippen MR) is 83.8 cm³/mol. The van der Waals surface area contributed by atoms with Gasteiger partial charge in [-0.1, -0.05) is 56.2 Å². The lowest BCUT2D eigenvalue weighted by Crippen LogP contribution is -2.04. The van der Waals surface area contributed by atoms with Crippen molar-refractivity contribution >= 4 is 6.16 Å². The van der Waals surface area contributed by atoms with E-state index in [1.807, 2.05) is 42.5 Å². The van der Waals surface area contributed by atoms with Gasteiger partial charge in [0.05, 0.1) is 0 Å². The van der Waals surface area contributed by atoms with Gasteiger partial charge in [-0.15, -0.1) is 0 Å². The Balaban J connectivity index is 2.32. The molecule has 110 valence electrons. The summed E-state index contributed by atoms with van der Waals surface area (Å²) in [5, 5.41) is 8.86. The quantitative estimate of drug-likeness (QED) is 0.453. The maximum atomic E-state index is 10.8. The third kappa shape index (κ3) is 4.35. The lowest BCUT2D eigenvalue weighted by molar-refractivity contribution is 0.144. The Bertz CT molecular complexity index is 591. The van der Waals surface area contributed by atoms with Gasteiger partial charge in [-0.25, -0.2) is 4.79 Å². The van der Waals surface area contributed by atoms with E-state index in [-0.39, 0.29) is 0 Å². The zero-order valence-corrected chi connectivity index (χ0v) is 12.2. The molecule has 0 aromatic heterocycles. The molecule has 2 rings (SSSR count). The lowest BCUT2D eigenvalue weighted by Gasteiger charge is -2.11. The van der Waals surface area contributed by atoms with E-state index in [0.29, 0.717) is 5.75 Å². The van der Waals surface area contributed by atoms with Crippen molar-refractivity contribution < 1.29 is 14.6 Å². The van der Waals surface area contributed by atoms with Crippen LogP contribution in [-0.2, 0) is 6.42 Å². The van der Waals surface area contributed by atoms with Gasteiger partial charge in [0.15, 0.2) is 0 Å². The van der Waals surface area contributed by atoms with Crippen molar-refractivity contribution in [3.8, 4) is 16.9 Å². The summed E-state index contributed by atoms with van der Waals surface area (Å²) in [4.78, 5) is 10.8. The number of benzene rings is 2. The molecule has 0 bridgehead atoms. The van der Waals surface area contributed by atoms with Crippen molar-refractivity contribution in [1.29, 1.82) is 0 Å². The highest BCUT2D eigenvalue weighted by molar-refractivity contribution is 5.74. The first-order valence-electron chi connectivity index (χ1n) is 7.30. The molecule has 0 amide bonds. The first kappa shape index (κ1) is 15.1. The van der Waals surface area contributed by atoms with E-state index in [4.69, 9.17) is 9.84 Å². The highest BCUT2D eigenvalue weighted by Crippen LogP contribution is 2.31. The SMILES string of the molecule is CCCCCc1ccc(OC(=O)O)c(-c2ccccc2)c1. The van der Waals surface area contributed by atoms with Crippen molar-refractivity contribution in [3.05, 3.63) is 54.1 Å². The molecule has 2 aromatic rings. The highest BCUT2D eigenvalue weighted by atomic mass is 16.7. The molecule has 0 fully saturated rings. The highest BCUT2D eigenvalue weighted by Gasteiger charge is 2.10. The summed E-state index contributed by atoms with van der Waals surface area (Å²) in [6.45, 7) is 2.18. The second-order valence-electron chi connectivity index (χ2n) is 5.02. The van der Waals surface area contributed by atoms with Crippen LogP contribution in [0.4, 0.5) is 4.79 Å². The van der Waals surface area contributed by atoms with Crippen LogP contribution in [0.3, 0.4) is 0 Å². The Hall–Kier alpha value is -2.29. The van der Waals surface area contributed by atoms with Crippen molar-refractivity contribution in [3.63, 3.8) is 0 Å². The fourth-order valence-electron chi connectivity index (χ4n) is 2.34. The van der Waals surface area contributed by atoms with Crippen LogP contribution in [0.25, 0.3) is 11.1 Å². The number of unbranched alkanes of at least 4 members (excludes halogenated alkanes) is 2. The number of aryl methyl sites for hydroxylation is 1. The first-order valence-corrected chi connectivity index (χ1v) is 7.30. The van der Waals surface area contributed by atoms with Crippen LogP contribution in [0.1, 0.15) is 31.7 Å². The molecule has 3 heteroatoms. The normalized spacial score (nSPS) is 10.3. The average Bonchev–Trinajstić information content (AvgIpc) is 2.49. The van der Waals surface area contributed by atoms with Crippen LogP contribution in [0.15, 0.2) is 48.5 Å². The lowest BCUT2D eigenvalue weighted by atomic mass is 9.99. The minimum absolute atomic E-state index is 0.382. The minimum Gasteiger partial charge on any atom is -0.449 e. The van der Waals surface area contributed by atoms with Gasteiger partial charge in [-0.05, 0) is 36.1 Å². The van der Waals surface area contributed by atoms with Crippen LogP contribution in [0.5, 0.6) is 5.75 Å². The maximum absolute atomic E-state index is 10.8. The van der Waals surface area contributed by atoms with Crippen LogP contribution in [-0.4, -0.2) is 11.3 Å². The first-order chi connectivity index (χ1) is 10.2. The summed E-state index contributed by atoms with van der Waals surface area (Å²) in [5.74, 6) is 0.382. The van der Waals surface area contributed by atoms with E-state index in [1.165, 1.54) is 18.4 Å². The standard InChI is InChI=1S/C18H20O3/c1-2-3-5-8-14-11-12-17(21-18(19)20)16(13-14)15-9-6-4-7-10-15/h4,6-7,9-13H,2-3,5,8H2,1H3,(H,19,20). The van der Waals surface area contributed by atoms with Gasteiger partial charge in [0.1, 0.15) is 5.75 Å². The number of hydrogen-bond donors (Lipinski definition) is 1. The van der Waals surface area contributed by atoms with E-state index in [9.17, 15) is 4.79 Å². The van der Waals surface area contributed by atoms with Gasteiger partial charge in [-0.2, -0.15) is 0 Å². The second kappa shape index (κ2) is 7.48. The smallest absolute Gasteiger partial charge is 0.449 e. The van der Waals surface area contributed by atoms with Gasteiger partial charge in [0.2, 0.25) is 0 Å². The fraction of sp³-hybridized carbons (Fsp3) is 0.278. The summed E-state index contributed by atoms with van der Waals surface area (Å²) in [6, 6.07) is 15.4. The van der Waals surface area contributed by atoms with Crippen molar-refractivity contribution in [2.45, 2.75) is 32.6 Å². The summed E-state index contributed by atoms with van der Waals surface area (Å²) >= 11 is 0. The molecule has 3 nitrogen and oxygen atoms in total. The number of hydrogen-bond acceptors (Lipinski definition) is 2. The Morgan fingerprint density at radius 1 is 1.10 bits per heavy atom. The van der Waals surface area contributed by atoms with Crippen molar-refractivity contribution in [2.24, 2.45) is 0 Å². The topological polar surface area (TPSA) is 46.5 Å². The predicted octanol–water partition coefficient (Wildman–Crippen LogP) is 5.14. The number of rotatable bonds is 6. The van der Waals surface area contributed by atoms with Gasteiger partial charge in [0.25, 0.3) is 0 Å². The van der Waals surface area contributed by atoms with Gasteiger partial charge in [-0.3, -0.25) is 0 Å². The summed E-state index contributed by atoms with van der Waals surface area (Å²) in [7, 11) is 0. The average molecular weight is 284 g/mol. The number of carbonyl (C=O) groups is 1. The molecule has 0 aliphatic heterocycles.